The lowest BCUT2D eigenvalue weighted by molar-refractivity contribution is 0.301. The minimum Gasteiger partial charge on any atom is -0.418 e. The summed E-state index contributed by atoms with van der Waals surface area (Å²) in [6.45, 7) is 10.6. The summed E-state index contributed by atoms with van der Waals surface area (Å²) in [7, 11) is -4.76. The Labute approximate surface area is 166 Å². The van der Waals surface area contributed by atoms with E-state index >= 15 is 0 Å². The van der Waals surface area contributed by atoms with Crippen molar-refractivity contribution in [3.63, 3.8) is 0 Å². The molecule has 1 unspecified atom stereocenters. The highest BCUT2D eigenvalue weighted by molar-refractivity contribution is 7.89. The second kappa shape index (κ2) is 9.88. The molecule has 150 valence electrons. The minimum atomic E-state index is -3.37. The van der Waals surface area contributed by atoms with Crippen LogP contribution in [0, 0.1) is 24.7 Å². The standard InChI is InChI=1S/C21H33NO3SSi/c1-19-11-13-21(14-12-19)26(23,24)22-16-15-20(18-22)10-8-6-5-7-9-17-25-27(2,3)4/h11-14,20H,5,7,9-10,15-18H2,1-4H3. The van der Waals surface area contributed by atoms with Gasteiger partial charge < -0.3 is 4.43 Å². The molecule has 27 heavy (non-hydrogen) atoms. The van der Waals surface area contributed by atoms with E-state index in [2.05, 4.69) is 31.5 Å². The van der Waals surface area contributed by atoms with E-state index in [1.165, 1.54) is 0 Å². The van der Waals surface area contributed by atoms with Crippen molar-refractivity contribution in [2.45, 2.75) is 63.6 Å². The topological polar surface area (TPSA) is 46.6 Å². The van der Waals surface area contributed by atoms with Crippen LogP contribution in [0.1, 0.15) is 37.7 Å². The van der Waals surface area contributed by atoms with E-state index in [1.807, 2.05) is 19.1 Å². The lowest BCUT2D eigenvalue weighted by Crippen LogP contribution is -2.28. The molecule has 4 nitrogen and oxygen atoms in total. The lowest BCUT2D eigenvalue weighted by Gasteiger charge is -2.16. The Morgan fingerprint density at radius 1 is 1.15 bits per heavy atom. The number of benzene rings is 1. The average molecular weight is 408 g/mol. The Balaban J connectivity index is 1.72. The van der Waals surface area contributed by atoms with Gasteiger partial charge in [0.05, 0.1) is 4.90 Å². The van der Waals surface area contributed by atoms with Gasteiger partial charge in [-0.15, -0.1) is 11.8 Å². The average Bonchev–Trinajstić information content (AvgIpc) is 3.06. The van der Waals surface area contributed by atoms with Gasteiger partial charge in [0.25, 0.3) is 0 Å². The van der Waals surface area contributed by atoms with Gasteiger partial charge in [-0.25, -0.2) is 8.42 Å². The van der Waals surface area contributed by atoms with Crippen molar-refractivity contribution in [3.8, 4) is 11.8 Å². The Hall–Kier alpha value is -1.13. The molecule has 1 heterocycles. The Morgan fingerprint density at radius 2 is 1.85 bits per heavy atom. The zero-order valence-electron chi connectivity index (χ0n) is 17.1. The molecule has 1 saturated heterocycles. The molecule has 0 amide bonds. The van der Waals surface area contributed by atoms with Crippen LogP contribution in [0.4, 0.5) is 0 Å². The van der Waals surface area contributed by atoms with Crippen LogP contribution in [0.5, 0.6) is 0 Å². The van der Waals surface area contributed by atoms with Crippen molar-refractivity contribution in [1.29, 1.82) is 0 Å². The first-order valence-electron chi connectivity index (χ1n) is 9.85. The van der Waals surface area contributed by atoms with Gasteiger partial charge in [-0.1, -0.05) is 17.7 Å². The fourth-order valence-corrected chi connectivity index (χ4v) is 5.33. The number of nitrogens with zero attached hydrogens (tertiary/aromatic N) is 1. The van der Waals surface area contributed by atoms with Crippen molar-refractivity contribution in [1.82, 2.24) is 4.31 Å². The van der Waals surface area contributed by atoms with E-state index in [1.54, 1.807) is 16.4 Å². The summed E-state index contributed by atoms with van der Waals surface area (Å²) >= 11 is 0. The Morgan fingerprint density at radius 3 is 2.52 bits per heavy atom. The molecule has 0 spiro atoms. The van der Waals surface area contributed by atoms with E-state index in [9.17, 15) is 8.42 Å². The highest BCUT2D eigenvalue weighted by atomic mass is 32.2. The van der Waals surface area contributed by atoms with Crippen LogP contribution in [-0.4, -0.2) is 40.7 Å². The molecule has 1 aromatic rings. The van der Waals surface area contributed by atoms with E-state index in [4.69, 9.17) is 4.43 Å². The molecule has 1 fully saturated rings. The minimum absolute atomic E-state index is 0.341. The zero-order valence-corrected chi connectivity index (χ0v) is 18.9. The van der Waals surface area contributed by atoms with Crippen molar-refractivity contribution < 1.29 is 12.8 Å². The predicted molar refractivity (Wildman–Crippen MR) is 114 cm³/mol. The number of aryl methyl sites for hydroxylation is 1. The summed E-state index contributed by atoms with van der Waals surface area (Å²) in [4.78, 5) is 0.389. The van der Waals surface area contributed by atoms with E-state index in [0.29, 0.717) is 23.9 Å². The Bertz CT molecular complexity index is 757. The van der Waals surface area contributed by atoms with Gasteiger partial charge in [0.15, 0.2) is 8.32 Å². The molecule has 0 aliphatic carbocycles. The summed E-state index contributed by atoms with van der Waals surface area (Å²) in [5.74, 6) is 6.83. The van der Waals surface area contributed by atoms with Crippen molar-refractivity contribution in [2.24, 2.45) is 5.92 Å². The third kappa shape index (κ3) is 7.42. The molecule has 6 heteroatoms. The monoisotopic (exact) mass is 407 g/mol. The fourth-order valence-electron chi connectivity index (χ4n) is 3.04. The molecular formula is C21H33NO3SSi. The number of rotatable bonds is 8. The maximum atomic E-state index is 12.7. The van der Waals surface area contributed by atoms with Gasteiger partial charge >= 0.3 is 0 Å². The van der Waals surface area contributed by atoms with Crippen LogP contribution in [0.2, 0.25) is 19.6 Å². The molecule has 1 aliphatic heterocycles. The molecule has 2 rings (SSSR count). The van der Waals surface area contributed by atoms with Crippen LogP contribution in [-0.2, 0) is 14.4 Å². The quantitative estimate of drug-likeness (QED) is 0.364. The number of hydrogen-bond acceptors (Lipinski definition) is 3. The molecule has 0 radical (unpaired) electrons. The summed E-state index contributed by atoms with van der Waals surface area (Å²) < 4.78 is 32.9. The fraction of sp³-hybridized carbons (Fsp3) is 0.619. The summed E-state index contributed by atoms with van der Waals surface area (Å²) in [5.41, 5.74) is 1.07. The number of sulfonamides is 1. The SMILES string of the molecule is Cc1ccc(S(=O)(=O)N2CCC(CC#CCCCCO[Si](C)(C)C)C2)cc1. The molecule has 1 aromatic carbocycles. The number of unbranched alkanes of at least 4 members (excludes halogenated alkanes) is 2. The second-order valence-electron chi connectivity index (χ2n) is 8.31. The van der Waals surface area contributed by atoms with Crippen molar-refractivity contribution in [2.75, 3.05) is 19.7 Å². The van der Waals surface area contributed by atoms with Crippen LogP contribution in [0.3, 0.4) is 0 Å². The maximum Gasteiger partial charge on any atom is 0.243 e. The molecule has 1 atom stereocenters. The first-order chi connectivity index (χ1) is 12.7. The normalized spacial score (nSPS) is 18.3. The van der Waals surface area contributed by atoms with Gasteiger partial charge in [-0.05, 0) is 63.9 Å². The van der Waals surface area contributed by atoms with Crippen LogP contribution >= 0.6 is 0 Å². The van der Waals surface area contributed by atoms with Crippen LogP contribution < -0.4 is 0 Å². The summed E-state index contributed by atoms with van der Waals surface area (Å²) in [6, 6.07) is 7.09. The van der Waals surface area contributed by atoms with Gasteiger partial charge in [0.1, 0.15) is 0 Å². The number of hydrogen-bond donors (Lipinski definition) is 0. The first kappa shape index (κ1) is 22.2. The van der Waals surface area contributed by atoms with Gasteiger partial charge in [0, 0.05) is 32.5 Å². The Kier molecular flexibility index (Phi) is 8.11. The van der Waals surface area contributed by atoms with Gasteiger partial charge in [0.2, 0.25) is 10.0 Å². The highest BCUT2D eigenvalue weighted by Crippen LogP contribution is 2.26. The summed E-state index contributed by atoms with van der Waals surface area (Å²) in [6.07, 6.45) is 4.70. The van der Waals surface area contributed by atoms with Gasteiger partial charge in [-0.3, -0.25) is 0 Å². The third-order valence-corrected chi connectivity index (χ3v) is 7.60. The maximum absolute atomic E-state index is 12.7. The largest absolute Gasteiger partial charge is 0.418 e. The molecule has 0 N–H and O–H groups in total. The molecular weight excluding hydrogens is 374 g/mol. The van der Waals surface area contributed by atoms with Gasteiger partial charge in [-0.2, -0.15) is 4.31 Å². The summed E-state index contributed by atoms with van der Waals surface area (Å²) in [5, 5.41) is 0. The molecule has 0 aromatic heterocycles. The van der Waals surface area contributed by atoms with Crippen molar-refractivity contribution >= 4 is 18.3 Å². The predicted octanol–water partition coefficient (Wildman–Crippen LogP) is 4.42. The van der Waals surface area contributed by atoms with E-state index in [0.717, 1.165) is 44.3 Å². The van der Waals surface area contributed by atoms with E-state index in [-0.39, 0.29) is 0 Å². The van der Waals surface area contributed by atoms with Crippen molar-refractivity contribution in [3.05, 3.63) is 29.8 Å². The second-order valence-corrected chi connectivity index (χ2v) is 14.8. The highest BCUT2D eigenvalue weighted by Gasteiger charge is 2.31. The molecule has 1 aliphatic rings. The van der Waals surface area contributed by atoms with Crippen LogP contribution in [0.25, 0.3) is 0 Å². The smallest absolute Gasteiger partial charge is 0.243 e. The zero-order chi connectivity index (χ0) is 19.9. The first-order valence-corrected chi connectivity index (χ1v) is 14.7. The third-order valence-electron chi connectivity index (χ3n) is 4.65. The van der Waals surface area contributed by atoms with Crippen LogP contribution in [0.15, 0.2) is 29.2 Å². The molecule has 0 saturated carbocycles. The van der Waals surface area contributed by atoms with E-state index < -0.39 is 18.3 Å². The lowest BCUT2D eigenvalue weighted by atomic mass is 10.1. The molecule has 0 bridgehead atoms.